The Labute approximate surface area is 239 Å². The third-order valence-electron chi connectivity index (χ3n) is 8.62. The zero-order chi connectivity index (χ0) is 29.0. The molecule has 4 rings (SSSR count). The van der Waals surface area contributed by atoms with Crippen molar-refractivity contribution in [1.29, 1.82) is 0 Å². The zero-order valence-electron chi connectivity index (χ0n) is 27.1. The van der Waals surface area contributed by atoms with Crippen LogP contribution in [0.5, 0.6) is 5.75 Å². The summed E-state index contributed by atoms with van der Waals surface area (Å²) in [5.74, 6) is 2.14. The second-order valence-corrected chi connectivity index (χ2v) is 16.6. The Balaban J connectivity index is 1.75. The van der Waals surface area contributed by atoms with Gasteiger partial charge in [0.2, 0.25) is 0 Å². The lowest BCUT2D eigenvalue weighted by Crippen LogP contribution is -2.34. The maximum atomic E-state index is 6.52. The smallest absolute Gasteiger partial charge is 0.126 e. The predicted molar refractivity (Wildman–Crippen MR) is 164 cm³/mol. The van der Waals surface area contributed by atoms with E-state index in [-0.39, 0.29) is 27.8 Å². The van der Waals surface area contributed by atoms with Crippen molar-refractivity contribution >= 4 is 0 Å². The van der Waals surface area contributed by atoms with Crippen molar-refractivity contribution < 1.29 is 14.2 Å². The van der Waals surface area contributed by atoms with Crippen molar-refractivity contribution in [2.24, 2.45) is 22.7 Å². The van der Waals surface area contributed by atoms with Gasteiger partial charge in [0, 0.05) is 11.1 Å². The van der Waals surface area contributed by atoms with Gasteiger partial charge < -0.3 is 14.2 Å². The van der Waals surface area contributed by atoms with Gasteiger partial charge in [0.1, 0.15) is 18.5 Å². The molecule has 0 spiro atoms. The van der Waals surface area contributed by atoms with Gasteiger partial charge in [-0.2, -0.15) is 0 Å². The Bertz CT molecular complexity index is 1050. The van der Waals surface area contributed by atoms with E-state index in [2.05, 4.69) is 107 Å². The molecule has 2 heterocycles. The second-order valence-electron chi connectivity index (χ2n) is 16.6. The summed E-state index contributed by atoms with van der Waals surface area (Å²) in [6.45, 7) is 30.7. The van der Waals surface area contributed by atoms with Gasteiger partial charge in [0.15, 0.2) is 0 Å². The van der Waals surface area contributed by atoms with Gasteiger partial charge >= 0.3 is 0 Å². The molecule has 2 saturated heterocycles. The third kappa shape index (κ3) is 7.79. The van der Waals surface area contributed by atoms with Crippen molar-refractivity contribution in [1.82, 2.24) is 0 Å². The van der Waals surface area contributed by atoms with E-state index in [1.165, 1.54) is 35.1 Å². The highest BCUT2D eigenvalue weighted by molar-refractivity contribution is 5.52. The lowest BCUT2D eigenvalue weighted by Gasteiger charge is -2.43. The van der Waals surface area contributed by atoms with E-state index in [1.54, 1.807) is 5.57 Å². The first kappa shape index (κ1) is 30.4. The molecular formula is C36H56O3. The first-order chi connectivity index (χ1) is 17.8. The summed E-state index contributed by atoms with van der Waals surface area (Å²) in [7, 11) is 0. The fourth-order valence-corrected chi connectivity index (χ4v) is 6.20. The monoisotopic (exact) mass is 536 g/mol. The highest BCUT2D eigenvalue weighted by Gasteiger charge is 2.40. The fraction of sp³-hybridized carbons (Fsp3) is 0.722. The Morgan fingerprint density at radius 2 is 1.28 bits per heavy atom. The first-order valence-corrected chi connectivity index (χ1v) is 15.3. The first-order valence-electron chi connectivity index (χ1n) is 15.3. The molecular weight excluding hydrogens is 480 g/mol. The Kier molecular flexibility index (Phi) is 8.32. The quantitative estimate of drug-likeness (QED) is 0.311. The van der Waals surface area contributed by atoms with Gasteiger partial charge in [-0.15, -0.1) is 0 Å². The van der Waals surface area contributed by atoms with Gasteiger partial charge in [-0.25, -0.2) is 0 Å². The van der Waals surface area contributed by atoms with Gasteiger partial charge in [-0.05, 0) is 63.9 Å². The summed E-state index contributed by atoms with van der Waals surface area (Å²) >= 11 is 0. The number of hydrogen-bond donors (Lipinski definition) is 0. The maximum absolute atomic E-state index is 6.52. The molecule has 0 radical (unpaired) electrons. The zero-order valence-corrected chi connectivity index (χ0v) is 27.1. The highest BCUT2D eigenvalue weighted by Crippen LogP contribution is 2.49. The molecule has 1 aromatic carbocycles. The summed E-state index contributed by atoms with van der Waals surface area (Å²) < 4.78 is 17.6. The standard InChI is InChI=1S/C36H56O3/c1-33(2,3)28-16-23(17-29(34(4,5)6)27(28)14-13-25-20-37-25)15-24-18-30(35(7,8)9)32(39-22-26-21-38-26)31(19-24)36(10,11)12/h16-19,25-28H,13-15,20-22H2,1-12H3. The lowest BCUT2D eigenvalue weighted by molar-refractivity contribution is 0.191. The van der Waals surface area contributed by atoms with E-state index < -0.39 is 0 Å². The van der Waals surface area contributed by atoms with Crippen LogP contribution in [0.15, 0.2) is 35.4 Å². The Morgan fingerprint density at radius 3 is 1.72 bits per heavy atom. The van der Waals surface area contributed by atoms with Crippen LogP contribution in [0.4, 0.5) is 0 Å². The summed E-state index contributed by atoms with van der Waals surface area (Å²) in [4.78, 5) is 0. The molecule has 0 amide bonds. The van der Waals surface area contributed by atoms with Crippen molar-refractivity contribution in [2.75, 3.05) is 19.8 Å². The van der Waals surface area contributed by atoms with Crippen LogP contribution in [0.25, 0.3) is 0 Å². The van der Waals surface area contributed by atoms with Gasteiger partial charge in [0.25, 0.3) is 0 Å². The molecule has 218 valence electrons. The van der Waals surface area contributed by atoms with E-state index >= 15 is 0 Å². The van der Waals surface area contributed by atoms with Crippen molar-refractivity contribution in [3.63, 3.8) is 0 Å². The third-order valence-corrected chi connectivity index (χ3v) is 8.62. The van der Waals surface area contributed by atoms with E-state index in [0.29, 0.717) is 24.5 Å². The van der Waals surface area contributed by atoms with Crippen LogP contribution in [0.2, 0.25) is 0 Å². The van der Waals surface area contributed by atoms with Crippen LogP contribution in [-0.4, -0.2) is 32.0 Å². The topological polar surface area (TPSA) is 34.3 Å². The van der Waals surface area contributed by atoms with Crippen molar-refractivity contribution in [3.8, 4) is 5.75 Å². The molecule has 3 aliphatic rings. The van der Waals surface area contributed by atoms with Crippen LogP contribution in [-0.2, 0) is 26.7 Å². The summed E-state index contributed by atoms with van der Waals surface area (Å²) in [6.07, 6.45) is 9.23. The van der Waals surface area contributed by atoms with Crippen LogP contribution < -0.4 is 4.74 Å². The SMILES string of the molecule is CC(C)(C)C1=CC(Cc2cc(C(C)(C)C)c(OCC3CO3)c(C(C)(C)C)c2)=CC(C(C)(C)C)C1CCC1CO1. The van der Waals surface area contributed by atoms with E-state index in [9.17, 15) is 0 Å². The number of rotatable bonds is 8. The van der Waals surface area contributed by atoms with Crippen LogP contribution >= 0.6 is 0 Å². The van der Waals surface area contributed by atoms with Crippen molar-refractivity contribution in [2.45, 2.75) is 125 Å². The van der Waals surface area contributed by atoms with E-state index in [4.69, 9.17) is 14.2 Å². The number of allylic oxidation sites excluding steroid dienone is 4. The highest BCUT2D eigenvalue weighted by atomic mass is 16.6. The van der Waals surface area contributed by atoms with Gasteiger partial charge in [0.05, 0.1) is 19.3 Å². The molecule has 4 atom stereocenters. The molecule has 3 heteroatoms. The van der Waals surface area contributed by atoms with Gasteiger partial charge in [-0.3, -0.25) is 0 Å². The molecule has 3 nitrogen and oxygen atoms in total. The van der Waals surface area contributed by atoms with Crippen LogP contribution in [0, 0.1) is 22.7 Å². The number of epoxide rings is 2. The molecule has 2 aliphatic heterocycles. The maximum Gasteiger partial charge on any atom is 0.126 e. The molecule has 2 fully saturated rings. The van der Waals surface area contributed by atoms with E-state index in [0.717, 1.165) is 25.4 Å². The molecule has 0 saturated carbocycles. The molecule has 39 heavy (non-hydrogen) atoms. The molecule has 4 unspecified atom stereocenters. The molecule has 1 aromatic rings. The number of hydrogen-bond acceptors (Lipinski definition) is 3. The largest absolute Gasteiger partial charge is 0.490 e. The van der Waals surface area contributed by atoms with Gasteiger partial charge in [-0.1, -0.05) is 113 Å². The molecule has 0 aromatic heterocycles. The minimum atomic E-state index is -0.0208. The minimum Gasteiger partial charge on any atom is -0.490 e. The summed E-state index contributed by atoms with van der Waals surface area (Å²) in [5, 5.41) is 0. The fourth-order valence-electron chi connectivity index (χ4n) is 6.20. The van der Waals surface area contributed by atoms with Crippen LogP contribution in [0.1, 0.15) is 113 Å². The summed E-state index contributed by atoms with van der Waals surface area (Å²) in [5.41, 5.74) is 7.34. The average molecular weight is 537 g/mol. The Hall–Kier alpha value is -1.58. The minimum absolute atomic E-state index is 0.0208. The van der Waals surface area contributed by atoms with Crippen LogP contribution in [0.3, 0.4) is 0 Å². The Morgan fingerprint density at radius 1 is 0.744 bits per heavy atom. The number of benzene rings is 1. The predicted octanol–water partition coefficient (Wildman–Crippen LogP) is 8.97. The second kappa shape index (κ2) is 10.7. The molecule has 0 N–H and O–H groups in total. The summed E-state index contributed by atoms with van der Waals surface area (Å²) in [6, 6.07) is 4.85. The average Bonchev–Trinajstić information content (AvgIpc) is 3.69. The lowest BCUT2D eigenvalue weighted by atomic mass is 9.61. The van der Waals surface area contributed by atoms with Crippen molar-refractivity contribution in [3.05, 3.63) is 52.1 Å². The molecule has 1 aliphatic carbocycles. The normalized spacial score (nSPS) is 25.7. The molecule has 0 bridgehead atoms. The van der Waals surface area contributed by atoms with E-state index in [1.807, 2.05) is 0 Å². The number of ether oxygens (including phenoxy) is 3.